The van der Waals surface area contributed by atoms with Crippen LogP contribution in [0.2, 0.25) is 0 Å². The molecule has 1 aromatic carbocycles. The van der Waals surface area contributed by atoms with Crippen LogP contribution in [0.3, 0.4) is 0 Å². The Balaban J connectivity index is 1.43. The van der Waals surface area contributed by atoms with Gasteiger partial charge in [-0.1, -0.05) is 30.3 Å². The summed E-state index contributed by atoms with van der Waals surface area (Å²) in [5, 5.41) is 2.87. The van der Waals surface area contributed by atoms with Crippen molar-refractivity contribution >= 4 is 17.7 Å². The number of aromatic nitrogens is 1. The van der Waals surface area contributed by atoms with Gasteiger partial charge >= 0.3 is 6.09 Å². The van der Waals surface area contributed by atoms with Crippen molar-refractivity contribution in [2.45, 2.75) is 19.4 Å². The lowest BCUT2D eigenvalue weighted by atomic mass is 9.96. The maximum atomic E-state index is 12.3. The summed E-state index contributed by atoms with van der Waals surface area (Å²) < 4.78 is 5.34. The largest absolute Gasteiger partial charge is 0.445 e. The van der Waals surface area contributed by atoms with Crippen molar-refractivity contribution in [2.24, 2.45) is 5.92 Å². The van der Waals surface area contributed by atoms with Crippen LogP contribution in [0, 0.1) is 5.92 Å². The SMILES string of the molecule is O=C(Nc1cccnc1)C1CCN(C(=O)OCc2ccccc2)CC1. The lowest BCUT2D eigenvalue weighted by molar-refractivity contribution is -0.121. The Morgan fingerprint density at radius 2 is 1.88 bits per heavy atom. The summed E-state index contributed by atoms with van der Waals surface area (Å²) >= 11 is 0. The number of carbonyl (C=O) groups is 2. The van der Waals surface area contributed by atoms with Gasteiger partial charge in [0.05, 0.1) is 11.9 Å². The van der Waals surface area contributed by atoms with Gasteiger partial charge in [0, 0.05) is 25.2 Å². The van der Waals surface area contributed by atoms with Crippen LogP contribution in [-0.4, -0.2) is 35.0 Å². The number of likely N-dealkylation sites (tertiary alicyclic amines) is 1. The third kappa shape index (κ3) is 4.79. The van der Waals surface area contributed by atoms with E-state index in [1.807, 2.05) is 30.3 Å². The molecule has 0 aliphatic carbocycles. The molecule has 6 heteroatoms. The Labute approximate surface area is 146 Å². The van der Waals surface area contributed by atoms with Crippen molar-refractivity contribution in [2.75, 3.05) is 18.4 Å². The third-order valence-corrected chi connectivity index (χ3v) is 4.26. The van der Waals surface area contributed by atoms with E-state index in [1.165, 1.54) is 0 Å². The molecule has 2 heterocycles. The summed E-state index contributed by atoms with van der Waals surface area (Å²) in [6.45, 7) is 1.32. The van der Waals surface area contributed by atoms with E-state index in [0.717, 1.165) is 5.56 Å². The van der Waals surface area contributed by atoms with Gasteiger partial charge in [-0.2, -0.15) is 0 Å². The standard InChI is InChI=1S/C19H21N3O3/c23-18(21-17-7-4-10-20-13-17)16-8-11-22(12-9-16)19(24)25-14-15-5-2-1-3-6-15/h1-7,10,13,16H,8-9,11-12,14H2,(H,21,23). The van der Waals surface area contributed by atoms with Crippen LogP contribution in [0.4, 0.5) is 10.5 Å². The molecule has 0 unspecified atom stereocenters. The maximum Gasteiger partial charge on any atom is 0.410 e. The second-order valence-electron chi connectivity index (χ2n) is 6.03. The van der Waals surface area contributed by atoms with Gasteiger partial charge in [-0.3, -0.25) is 9.78 Å². The number of ether oxygens (including phenoxy) is 1. The van der Waals surface area contributed by atoms with E-state index in [1.54, 1.807) is 29.4 Å². The van der Waals surface area contributed by atoms with Crippen molar-refractivity contribution in [1.82, 2.24) is 9.88 Å². The Bertz CT molecular complexity index is 698. The van der Waals surface area contributed by atoms with Gasteiger partial charge in [-0.15, -0.1) is 0 Å². The Kier molecular flexibility index (Phi) is 5.61. The summed E-state index contributed by atoms with van der Waals surface area (Å²) in [7, 11) is 0. The number of amides is 2. The summed E-state index contributed by atoms with van der Waals surface area (Å²) in [5.41, 5.74) is 1.65. The molecule has 0 radical (unpaired) electrons. The number of hydrogen-bond acceptors (Lipinski definition) is 4. The minimum atomic E-state index is -0.324. The average Bonchev–Trinajstić information content (AvgIpc) is 2.68. The number of rotatable bonds is 4. The lowest BCUT2D eigenvalue weighted by Gasteiger charge is -2.30. The highest BCUT2D eigenvalue weighted by molar-refractivity contribution is 5.92. The molecule has 1 aromatic heterocycles. The lowest BCUT2D eigenvalue weighted by Crippen LogP contribution is -2.41. The van der Waals surface area contributed by atoms with Crippen molar-refractivity contribution in [3.05, 3.63) is 60.4 Å². The zero-order valence-corrected chi connectivity index (χ0v) is 13.9. The van der Waals surface area contributed by atoms with E-state index >= 15 is 0 Å². The smallest absolute Gasteiger partial charge is 0.410 e. The fraction of sp³-hybridized carbons (Fsp3) is 0.316. The normalized spacial score (nSPS) is 14.8. The van der Waals surface area contributed by atoms with Crippen molar-refractivity contribution in [3.8, 4) is 0 Å². The van der Waals surface area contributed by atoms with E-state index in [9.17, 15) is 9.59 Å². The van der Waals surface area contributed by atoms with Crippen LogP contribution < -0.4 is 5.32 Å². The number of pyridine rings is 1. The average molecular weight is 339 g/mol. The molecule has 1 aliphatic rings. The second kappa shape index (κ2) is 8.28. The van der Waals surface area contributed by atoms with Crippen LogP contribution in [0.15, 0.2) is 54.9 Å². The second-order valence-corrected chi connectivity index (χ2v) is 6.03. The molecule has 0 saturated carbocycles. The van der Waals surface area contributed by atoms with Crippen molar-refractivity contribution in [3.63, 3.8) is 0 Å². The molecule has 2 amide bonds. The highest BCUT2D eigenvalue weighted by atomic mass is 16.6. The molecular weight excluding hydrogens is 318 g/mol. The van der Waals surface area contributed by atoms with E-state index in [2.05, 4.69) is 10.3 Å². The zero-order chi connectivity index (χ0) is 17.5. The van der Waals surface area contributed by atoms with Gasteiger partial charge in [0.1, 0.15) is 6.61 Å². The maximum absolute atomic E-state index is 12.3. The molecule has 2 aromatic rings. The first-order chi connectivity index (χ1) is 12.2. The molecule has 130 valence electrons. The van der Waals surface area contributed by atoms with Crippen LogP contribution in [0.5, 0.6) is 0 Å². The Morgan fingerprint density at radius 1 is 1.12 bits per heavy atom. The summed E-state index contributed by atoms with van der Waals surface area (Å²) in [4.78, 5) is 30.1. The minimum Gasteiger partial charge on any atom is -0.445 e. The number of carbonyl (C=O) groups excluding carboxylic acids is 2. The number of hydrogen-bond donors (Lipinski definition) is 1. The van der Waals surface area contributed by atoms with E-state index < -0.39 is 0 Å². The quantitative estimate of drug-likeness (QED) is 0.929. The van der Waals surface area contributed by atoms with Crippen LogP contribution >= 0.6 is 0 Å². The molecule has 1 N–H and O–H groups in total. The number of piperidine rings is 1. The first-order valence-corrected chi connectivity index (χ1v) is 8.39. The van der Waals surface area contributed by atoms with Crippen molar-refractivity contribution < 1.29 is 14.3 Å². The molecule has 0 spiro atoms. The van der Waals surface area contributed by atoms with Crippen LogP contribution in [-0.2, 0) is 16.1 Å². The molecule has 3 rings (SSSR count). The predicted molar refractivity (Wildman–Crippen MR) is 93.8 cm³/mol. The first kappa shape index (κ1) is 17.0. The zero-order valence-electron chi connectivity index (χ0n) is 13.9. The van der Waals surface area contributed by atoms with Gasteiger partial charge in [-0.25, -0.2) is 4.79 Å². The van der Waals surface area contributed by atoms with Gasteiger partial charge in [0.2, 0.25) is 5.91 Å². The topological polar surface area (TPSA) is 71.5 Å². The fourth-order valence-electron chi connectivity index (χ4n) is 2.82. The summed E-state index contributed by atoms with van der Waals surface area (Å²) in [6.07, 6.45) is 4.22. The highest BCUT2D eigenvalue weighted by Crippen LogP contribution is 2.20. The van der Waals surface area contributed by atoms with E-state index in [-0.39, 0.29) is 24.5 Å². The highest BCUT2D eigenvalue weighted by Gasteiger charge is 2.28. The number of anilines is 1. The predicted octanol–water partition coefficient (Wildman–Crippen LogP) is 3.07. The first-order valence-electron chi connectivity index (χ1n) is 8.39. The summed E-state index contributed by atoms with van der Waals surface area (Å²) in [5.74, 6) is -0.122. The fourth-order valence-corrected chi connectivity index (χ4v) is 2.82. The number of nitrogens with one attached hydrogen (secondary N) is 1. The van der Waals surface area contributed by atoms with Gasteiger partial charge < -0.3 is 15.0 Å². The molecule has 6 nitrogen and oxygen atoms in total. The molecule has 1 saturated heterocycles. The van der Waals surface area contributed by atoms with Gasteiger partial charge in [0.25, 0.3) is 0 Å². The van der Waals surface area contributed by atoms with Gasteiger partial charge in [-0.05, 0) is 30.5 Å². The molecule has 1 aliphatic heterocycles. The monoisotopic (exact) mass is 339 g/mol. The minimum absolute atomic E-state index is 0.0229. The van der Waals surface area contributed by atoms with Crippen LogP contribution in [0.25, 0.3) is 0 Å². The summed E-state index contributed by atoms with van der Waals surface area (Å²) in [6, 6.07) is 13.2. The molecule has 0 bridgehead atoms. The van der Waals surface area contributed by atoms with E-state index in [4.69, 9.17) is 4.74 Å². The number of benzene rings is 1. The third-order valence-electron chi connectivity index (χ3n) is 4.26. The Morgan fingerprint density at radius 3 is 2.56 bits per heavy atom. The van der Waals surface area contributed by atoms with E-state index in [0.29, 0.717) is 31.6 Å². The Hall–Kier alpha value is -2.89. The molecule has 0 atom stereocenters. The van der Waals surface area contributed by atoms with Crippen molar-refractivity contribution in [1.29, 1.82) is 0 Å². The van der Waals surface area contributed by atoms with Gasteiger partial charge in [0.15, 0.2) is 0 Å². The molecular formula is C19H21N3O3. The van der Waals surface area contributed by atoms with Crippen LogP contribution in [0.1, 0.15) is 18.4 Å². The molecule has 25 heavy (non-hydrogen) atoms. The molecule has 1 fully saturated rings. The number of nitrogens with zero attached hydrogens (tertiary/aromatic N) is 2.